The third kappa shape index (κ3) is 2.82. The van der Waals surface area contributed by atoms with Crippen molar-refractivity contribution in [1.82, 2.24) is 4.98 Å². The van der Waals surface area contributed by atoms with Gasteiger partial charge < -0.3 is 11.1 Å². The molecule has 1 aromatic heterocycles. The molecule has 0 saturated heterocycles. The Morgan fingerprint density at radius 1 is 1.33 bits per heavy atom. The van der Waals surface area contributed by atoms with Crippen LogP contribution in [0.3, 0.4) is 0 Å². The summed E-state index contributed by atoms with van der Waals surface area (Å²) >= 11 is 3.52. The van der Waals surface area contributed by atoms with Crippen molar-refractivity contribution in [3.63, 3.8) is 0 Å². The number of nitrogens with one attached hydrogen (secondary N) is 1. The number of hydrogen-bond acceptors (Lipinski definition) is 3. The van der Waals surface area contributed by atoms with Crippen LogP contribution < -0.4 is 11.1 Å². The minimum absolute atomic E-state index is 0.144. The lowest BCUT2D eigenvalue weighted by atomic mass is 10.1. The highest BCUT2D eigenvalue weighted by Gasteiger charge is 2.09. The summed E-state index contributed by atoms with van der Waals surface area (Å²) in [5.74, 6) is 0. The number of benzene rings is 1. The van der Waals surface area contributed by atoms with Gasteiger partial charge in [-0.1, -0.05) is 6.07 Å². The van der Waals surface area contributed by atoms with Gasteiger partial charge in [0.05, 0.1) is 11.7 Å². The maximum absolute atomic E-state index is 5.86. The van der Waals surface area contributed by atoms with Gasteiger partial charge in [-0.2, -0.15) is 0 Å². The molecular formula is C14H16BrN3. The van der Waals surface area contributed by atoms with E-state index < -0.39 is 0 Å². The quantitative estimate of drug-likeness (QED) is 0.845. The number of nitrogens with zero attached hydrogens (tertiary/aromatic N) is 1. The van der Waals surface area contributed by atoms with Crippen molar-refractivity contribution in [1.29, 1.82) is 0 Å². The van der Waals surface area contributed by atoms with Crippen molar-refractivity contribution < 1.29 is 0 Å². The Labute approximate surface area is 116 Å². The SMILES string of the molecule is Cc1cc(NC(C)c2ccccn2)c(Br)cc1N. The number of aromatic nitrogens is 1. The molecule has 1 heterocycles. The molecule has 0 saturated carbocycles. The van der Waals surface area contributed by atoms with Gasteiger partial charge in [-0.3, -0.25) is 4.98 Å². The fourth-order valence-corrected chi connectivity index (χ4v) is 2.22. The van der Waals surface area contributed by atoms with Crippen LogP contribution >= 0.6 is 15.9 Å². The van der Waals surface area contributed by atoms with Crippen molar-refractivity contribution >= 4 is 27.3 Å². The van der Waals surface area contributed by atoms with Crippen LogP contribution in [0, 0.1) is 6.92 Å². The average Bonchev–Trinajstić information content (AvgIpc) is 2.37. The zero-order chi connectivity index (χ0) is 13.1. The molecule has 0 aliphatic carbocycles. The minimum atomic E-state index is 0.144. The van der Waals surface area contributed by atoms with Crippen LogP contribution in [0.15, 0.2) is 41.0 Å². The highest BCUT2D eigenvalue weighted by atomic mass is 79.9. The Morgan fingerprint density at radius 2 is 2.11 bits per heavy atom. The van der Waals surface area contributed by atoms with Gasteiger partial charge in [-0.15, -0.1) is 0 Å². The van der Waals surface area contributed by atoms with E-state index in [2.05, 4.69) is 33.2 Å². The normalized spacial score (nSPS) is 12.2. The molecule has 1 aromatic carbocycles. The number of anilines is 2. The molecule has 4 heteroatoms. The molecule has 94 valence electrons. The van der Waals surface area contributed by atoms with Crippen LogP contribution in [-0.4, -0.2) is 4.98 Å². The first-order valence-corrected chi connectivity index (χ1v) is 6.60. The molecular weight excluding hydrogens is 290 g/mol. The third-order valence-electron chi connectivity index (χ3n) is 2.86. The lowest BCUT2D eigenvalue weighted by Crippen LogP contribution is -2.09. The van der Waals surface area contributed by atoms with Crippen LogP contribution in [0.5, 0.6) is 0 Å². The number of halogens is 1. The van der Waals surface area contributed by atoms with Crippen LogP contribution in [0.4, 0.5) is 11.4 Å². The summed E-state index contributed by atoms with van der Waals surface area (Å²) in [6.07, 6.45) is 1.80. The fourth-order valence-electron chi connectivity index (χ4n) is 1.75. The van der Waals surface area contributed by atoms with E-state index in [9.17, 15) is 0 Å². The molecule has 1 unspecified atom stereocenters. The summed E-state index contributed by atoms with van der Waals surface area (Å²) in [6.45, 7) is 4.08. The van der Waals surface area contributed by atoms with Crippen molar-refractivity contribution in [2.75, 3.05) is 11.1 Å². The molecule has 2 rings (SSSR count). The first-order valence-electron chi connectivity index (χ1n) is 5.81. The molecule has 0 amide bonds. The van der Waals surface area contributed by atoms with Gasteiger partial charge in [0.2, 0.25) is 0 Å². The number of rotatable bonds is 3. The predicted octanol–water partition coefficient (Wildman–Crippen LogP) is 3.91. The van der Waals surface area contributed by atoms with E-state index in [1.165, 1.54) is 0 Å². The van der Waals surface area contributed by atoms with Crippen molar-refractivity contribution in [3.8, 4) is 0 Å². The third-order valence-corrected chi connectivity index (χ3v) is 3.52. The summed E-state index contributed by atoms with van der Waals surface area (Å²) in [4.78, 5) is 4.34. The van der Waals surface area contributed by atoms with Gasteiger partial charge >= 0.3 is 0 Å². The van der Waals surface area contributed by atoms with Crippen LogP contribution in [0.1, 0.15) is 24.2 Å². The largest absolute Gasteiger partial charge is 0.398 e. The van der Waals surface area contributed by atoms with E-state index in [4.69, 9.17) is 5.73 Å². The fraction of sp³-hybridized carbons (Fsp3) is 0.214. The second kappa shape index (κ2) is 5.40. The molecule has 1 atom stereocenters. The average molecular weight is 306 g/mol. The predicted molar refractivity (Wildman–Crippen MR) is 79.6 cm³/mol. The summed E-state index contributed by atoms with van der Waals surface area (Å²) < 4.78 is 0.966. The molecule has 0 spiro atoms. The summed E-state index contributed by atoms with van der Waals surface area (Å²) in [5.41, 5.74) is 9.76. The number of aryl methyl sites for hydroxylation is 1. The Balaban J connectivity index is 2.22. The minimum Gasteiger partial charge on any atom is -0.398 e. The Bertz CT molecular complexity index is 540. The van der Waals surface area contributed by atoms with E-state index >= 15 is 0 Å². The highest BCUT2D eigenvalue weighted by molar-refractivity contribution is 9.10. The standard InChI is InChI=1S/C14H16BrN3/c1-9-7-14(11(15)8-12(9)16)18-10(2)13-5-3-4-6-17-13/h3-8,10,18H,16H2,1-2H3. The van der Waals surface area contributed by atoms with Gasteiger partial charge in [-0.25, -0.2) is 0 Å². The molecule has 0 aliphatic rings. The van der Waals surface area contributed by atoms with Crippen molar-refractivity contribution in [2.45, 2.75) is 19.9 Å². The molecule has 3 nitrogen and oxygen atoms in total. The van der Waals surface area contributed by atoms with Gasteiger partial charge in [0.1, 0.15) is 0 Å². The number of nitrogen functional groups attached to an aromatic ring is 1. The zero-order valence-corrected chi connectivity index (χ0v) is 12.0. The molecule has 18 heavy (non-hydrogen) atoms. The lowest BCUT2D eigenvalue weighted by molar-refractivity contribution is 0.838. The van der Waals surface area contributed by atoms with Gasteiger partial charge in [0, 0.05) is 22.0 Å². The Kier molecular flexibility index (Phi) is 3.87. The van der Waals surface area contributed by atoms with Gasteiger partial charge in [0.25, 0.3) is 0 Å². The summed E-state index contributed by atoms with van der Waals surface area (Å²) in [6, 6.07) is 10.0. The molecule has 0 fully saturated rings. The highest BCUT2D eigenvalue weighted by Crippen LogP contribution is 2.30. The number of pyridine rings is 1. The van der Waals surface area contributed by atoms with E-state index in [0.717, 1.165) is 27.1 Å². The molecule has 0 bridgehead atoms. The second-order valence-electron chi connectivity index (χ2n) is 4.31. The topological polar surface area (TPSA) is 50.9 Å². The van der Waals surface area contributed by atoms with Crippen molar-refractivity contribution in [3.05, 3.63) is 52.3 Å². The van der Waals surface area contributed by atoms with E-state index in [-0.39, 0.29) is 6.04 Å². The molecule has 2 aromatic rings. The van der Waals surface area contributed by atoms with E-state index in [0.29, 0.717) is 0 Å². The summed E-state index contributed by atoms with van der Waals surface area (Å²) in [5, 5.41) is 3.43. The van der Waals surface area contributed by atoms with Crippen LogP contribution in [0.2, 0.25) is 0 Å². The Hall–Kier alpha value is -1.55. The van der Waals surface area contributed by atoms with Crippen molar-refractivity contribution in [2.24, 2.45) is 0 Å². The molecule has 0 radical (unpaired) electrons. The molecule has 3 N–H and O–H groups in total. The van der Waals surface area contributed by atoms with Crippen LogP contribution in [-0.2, 0) is 0 Å². The Morgan fingerprint density at radius 3 is 2.78 bits per heavy atom. The maximum atomic E-state index is 5.86. The zero-order valence-electron chi connectivity index (χ0n) is 10.4. The monoisotopic (exact) mass is 305 g/mol. The first-order chi connectivity index (χ1) is 8.58. The summed E-state index contributed by atoms with van der Waals surface area (Å²) in [7, 11) is 0. The van der Waals surface area contributed by atoms with E-state index in [1.54, 1.807) is 6.20 Å². The number of hydrogen-bond donors (Lipinski definition) is 2. The van der Waals surface area contributed by atoms with Gasteiger partial charge in [0.15, 0.2) is 0 Å². The van der Waals surface area contributed by atoms with Crippen LogP contribution in [0.25, 0.3) is 0 Å². The lowest BCUT2D eigenvalue weighted by Gasteiger charge is -2.17. The second-order valence-corrected chi connectivity index (χ2v) is 5.16. The molecule has 0 aliphatic heterocycles. The smallest absolute Gasteiger partial charge is 0.0657 e. The van der Waals surface area contributed by atoms with E-state index in [1.807, 2.05) is 37.3 Å². The maximum Gasteiger partial charge on any atom is 0.0657 e. The van der Waals surface area contributed by atoms with Gasteiger partial charge in [-0.05, 0) is 59.6 Å². The first kappa shape index (κ1) is 12.9. The number of nitrogens with two attached hydrogens (primary N) is 1.